The van der Waals surface area contributed by atoms with Gasteiger partial charge in [-0.2, -0.15) is 0 Å². The Morgan fingerprint density at radius 1 is 1.60 bits per heavy atom. The van der Waals surface area contributed by atoms with Crippen LogP contribution in [0.5, 0.6) is 0 Å². The van der Waals surface area contributed by atoms with Crippen LogP contribution in [0.2, 0.25) is 0 Å². The maximum atomic E-state index is 12.0. The molecule has 0 aromatic carbocycles. The van der Waals surface area contributed by atoms with Crippen molar-refractivity contribution >= 4 is 5.78 Å². The fourth-order valence-corrected chi connectivity index (χ4v) is 1.48. The number of furan rings is 1. The van der Waals surface area contributed by atoms with Gasteiger partial charge in [-0.25, -0.2) is 4.98 Å². The number of hydrogen-bond acceptors (Lipinski definition) is 3. The summed E-state index contributed by atoms with van der Waals surface area (Å²) in [4.78, 5) is 16.0. The Hall–Kier alpha value is -1.84. The smallest absolute Gasteiger partial charge is 0.263 e. The topological polar surface area (TPSA) is 48.0 Å². The molecule has 0 fully saturated rings. The standard InChI is InChI=1S/C11H12N2O2/c1-3-13-6-5-12-11(13)9(14)10-8(2)4-7-15-10/h4-7H,3H2,1-2H3. The third-order valence-corrected chi connectivity index (χ3v) is 2.33. The lowest BCUT2D eigenvalue weighted by atomic mass is 10.2. The number of ketones is 1. The molecule has 4 nitrogen and oxygen atoms in total. The second-order valence-corrected chi connectivity index (χ2v) is 3.30. The Morgan fingerprint density at radius 2 is 2.40 bits per heavy atom. The van der Waals surface area contributed by atoms with Crippen LogP contribution in [0.15, 0.2) is 29.1 Å². The number of carbonyl (C=O) groups is 1. The SMILES string of the molecule is CCn1ccnc1C(=O)c1occc1C. The molecule has 4 heteroatoms. The molecule has 2 rings (SSSR count). The van der Waals surface area contributed by atoms with Crippen LogP contribution < -0.4 is 0 Å². The lowest BCUT2D eigenvalue weighted by Crippen LogP contribution is -2.10. The molecule has 2 heterocycles. The van der Waals surface area contributed by atoms with Crippen molar-refractivity contribution < 1.29 is 9.21 Å². The molecule has 2 aromatic rings. The van der Waals surface area contributed by atoms with Crippen LogP contribution in [-0.2, 0) is 6.54 Å². The predicted octanol–water partition coefficient (Wildman–Crippen LogP) is 2.04. The zero-order valence-electron chi connectivity index (χ0n) is 8.73. The fraction of sp³-hybridized carbons (Fsp3) is 0.273. The summed E-state index contributed by atoms with van der Waals surface area (Å²) < 4.78 is 6.94. The largest absolute Gasteiger partial charge is 0.460 e. The van der Waals surface area contributed by atoms with Crippen LogP contribution in [-0.4, -0.2) is 15.3 Å². The number of aryl methyl sites for hydroxylation is 2. The third-order valence-electron chi connectivity index (χ3n) is 2.33. The molecule has 0 radical (unpaired) electrons. The summed E-state index contributed by atoms with van der Waals surface area (Å²) in [6.07, 6.45) is 4.92. The van der Waals surface area contributed by atoms with Gasteiger partial charge in [-0.3, -0.25) is 4.79 Å². The Morgan fingerprint density at radius 3 is 3.00 bits per heavy atom. The minimum absolute atomic E-state index is 0.163. The highest BCUT2D eigenvalue weighted by atomic mass is 16.3. The van der Waals surface area contributed by atoms with Crippen LogP contribution >= 0.6 is 0 Å². The molecule has 0 unspecified atom stereocenters. The van der Waals surface area contributed by atoms with Crippen LogP contribution in [0.4, 0.5) is 0 Å². The molecule has 2 aromatic heterocycles. The maximum absolute atomic E-state index is 12.0. The molecule has 15 heavy (non-hydrogen) atoms. The summed E-state index contributed by atoms with van der Waals surface area (Å²) >= 11 is 0. The Labute approximate surface area is 87.5 Å². The molecule has 0 aliphatic rings. The molecular formula is C11H12N2O2. The molecule has 0 amide bonds. The van der Waals surface area contributed by atoms with Crippen LogP contribution in [0, 0.1) is 6.92 Å². The molecule has 0 bridgehead atoms. The molecule has 0 aliphatic heterocycles. The van der Waals surface area contributed by atoms with Crippen molar-refractivity contribution in [2.75, 3.05) is 0 Å². The number of rotatable bonds is 3. The minimum atomic E-state index is -0.163. The van der Waals surface area contributed by atoms with E-state index in [1.807, 2.05) is 13.8 Å². The van der Waals surface area contributed by atoms with E-state index in [9.17, 15) is 4.79 Å². The average molecular weight is 204 g/mol. The van der Waals surface area contributed by atoms with Crippen LogP contribution in [0.25, 0.3) is 0 Å². The van der Waals surface area contributed by atoms with Gasteiger partial charge in [0.25, 0.3) is 5.78 Å². The van der Waals surface area contributed by atoms with Gasteiger partial charge in [-0.15, -0.1) is 0 Å². The number of carbonyl (C=O) groups excluding carboxylic acids is 1. The summed E-state index contributed by atoms with van der Waals surface area (Å²) in [6, 6.07) is 1.77. The first-order valence-corrected chi connectivity index (χ1v) is 4.84. The van der Waals surface area contributed by atoms with Crippen molar-refractivity contribution in [2.24, 2.45) is 0 Å². The van der Waals surface area contributed by atoms with Crippen molar-refractivity contribution in [3.63, 3.8) is 0 Å². The molecule has 0 atom stereocenters. The van der Waals surface area contributed by atoms with Crippen molar-refractivity contribution in [1.29, 1.82) is 0 Å². The number of imidazole rings is 1. The molecule has 0 aliphatic carbocycles. The Kier molecular flexibility index (Phi) is 2.41. The van der Waals surface area contributed by atoms with Gasteiger partial charge >= 0.3 is 0 Å². The zero-order valence-corrected chi connectivity index (χ0v) is 8.73. The molecule has 0 saturated carbocycles. The quantitative estimate of drug-likeness (QED) is 0.719. The molecule has 0 saturated heterocycles. The van der Waals surface area contributed by atoms with Gasteiger partial charge in [0, 0.05) is 18.9 Å². The van der Waals surface area contributed by atoms with Gasteiger partial charge in [0.2, 0.25) is 0 Å². The molecule has 78 valence electrons. The van der Waals surface area contributed by atoms with E-state index in [2.05, 4.69) is 4.98 Å². The first-order valence-electron chi connectivity index (χ1n) is 4.84. The lowest BCUT2D eigenvalue weighted by molar-refractivity contribution is 0.0994. The third kappa shape index (κ3) is 1.58. The van der Waals surface area contributed by atoms with Crippen LogP contribution in [0.1, 0.15) is 28.9 Å². The lowest BCUT2D eigenvalue weighted by Gasteiger charge is -2.01. The molecule has 0 spiro atoms. The first kappa shape index (κ1) is 9.71. The van der Waals surface area contributed by atoms with Crippen molar-refractivity contribution in [1.82, 2.24) is 9.55 Å². The second-order valence-electron chi connectivity index (χ2n) is 3.30. The Balaban J connectivity index is 2.41. The van der Waals surface area contributed by atoms with E-state index < -0.39 is 0 Å². The highest BCUT2D eigenvalue weighted by Gasteiger charge is 2.19. The van der Waals surface area contributed by atoms with Crippen molar-refractivity contribution in [3.8, 4) is 0 Å². The Bertz CT molecular complexity index is 482. The zero-order chi connectivity index (χ0) is 10.8. The summed E-state index contributed by atoms with van der Waals surface area (Å²) in [5, 5.41) is 0. The van der Waals surface area contributed by atoms with Gasteiger partial charge in [0.05, 0.1) is 6.26 Å². The van der Waals surface area contributed by atoms with Gasteiger partial charge in [-0.1, -0.05) is 0 Å². The average Bonchev–Trinajstić information content (AvgIpc) is 2.84. The van der Waals surface area contributed by atoms with E-state index in [0.29, 0.717) is 11.6 Å². The predicted molar refractivity (Wildman–Crippen MR) is 54.8 cm³/mol. The number of aromatic nitrogens is 2. The number of nitrogens with zero attached hydrogens (tertiary/aromatic N) is 2. The molecular weight excluding hydrogens is 192 g/mol. The highest BCUT2D eigenvalue weighted by molar-refractivity contribution is 6.05. The van der Waals surface area contributed by atoms with Gasteiger partial charge in [-0.05, 0) is 25.5 Å². The maximum Gasteiger partial charge on any atom is 0.263 e. The monoisotopic (exact) mass is 204 g/mol. The summed E-state index contributed by atoms with van der Waals surface area (Å²) in [5.74, 6) is 0.635. The number of hydrogen-bond donors (Lipinski definition) is 0. The second kappa shape index (κ2) is 3.73. The minimum Gasteiger partial charge on any atom is -0.460 e. The van der Waals surface area contributed by atoms with Gasteiger partial charge in [0.1, 0.15) is 0 Å². The van der Waals surface area contributed by atoms with Gasteiger partial charge < -0.3 is 8.98 Å². The van der Waals surface area contributed by atoms with Gasteiger partial charge in [0.15, 0.2) is 11.6 Å². The van der Waals surface area contributed by atoms with E-state index in [1.54, 1.807) is 23.0 Å². The van der Waals surface area contributed by atoms with Crippen molar-refractivity contribution in [2.45, 2.75) is 20.4 Å². The van der Waals surface area contributed by atoms with E-state index in [0.717, 1.165) is 12.1 Å². The molecule has 0 N–H and O–H groups in total. The first-order chi connectivity index (χ1) is 7.24. The van der Waals surface area contributed by atoms with E-state index in [4.69, 9.17) is 4.42 Å². The van der Waals surface area contributed by atoms with Crippen molar-refractivity contribution in [3.05, 3.63) is 41.9 Å². The summed E-state index contributed by atoms with van der Waals surface area (Å²) in [6.45, 7) is 4.53. The van der Waals surface area contributed by atoms with E-state index in [-0.39, 0.29) is 5.78 Å². The fourth-order valence-electron chi connectivity index (χ4n) is 1.48. The normalized spacial score (nSPS) is 10.5. The van der Waals surface area contributed by atoms with Crippen LogP contribution in [0.3, 0.4) is 0 Å². The summed E-state index contributed by atoms with van der Waals surface area (Å²) in [7, 11) is 0. The van der Waals surface area contributed by atoms with E-state index in [1.165, 1.54) is 6.26 Å². The summed E-state index contributed by atoms with van der Waals surface area (Å²) in [5.41, 5.74) is 0.839. The van der Waals surface area contributed by atoms with E-state index >= 15 is 0 Å². The highest BCUT2D eigenvalue weighted by Crippen LogP contribution is 2.13.